The monoisotopic (exact) mass is 1850 g/mol. The molecule has 22 rings (SSSR count). The van der Waals surface area contributed by atoms with E-state index < -0.39 is 58.1 Å². The number of alkyl halides is 12. The maximum atomic E-state index is 14.8. The Labute approximate surface area is 792 Å². The fraction of sp³-hybridized carbons (Fsp3) is 0.0678. The minimum absolute atomic E-state index is 0.00346. The Balaban J connectivity index is 0.000000180. The molecule has 0 aliphatic heterocycles. The first-order chi connectivity index (χ1) is 67.4. The van der Waals surface area contributed by atoms with Gasteiger partial charge in [0.25, 0.3) is 0 Å². The van der Waals surface area contributed by atoms with E-state index in [2.05, 4.69) is 177 Å². The van der Waals surface area contributed by atoms with Crippen LogP contribution in [0.1, 0.15) is 66.8 Å². The van der Waals surface area contributed by atoms with E-state index in [9.17, 15) is 73.7 Å². The number of hydrogen-bond acceptors (Lipinski definition) is 6. The van der Waals surface area contributed by atoms with Crippen molar-refractivity contribution in [1.29, 1.82) is 21.0 Å². The molecule has 140 heavy (non-hydrogen) atoms. The molecule has 0 atom stereocenters. The van der Waals surface area contributed by atoms with Gasteiger partial charge in [-0.2, -0.15) is 73.7 Å². The van der Waals surface area contributed by atoms with Gasteiger partial charge in [0, 0.05) is 79.0 Å². The van der Waals surface area contributed by atoms with Crippen LogP contribution in [0.3, 0.4) is 0 Å². The molecule has 0 unspecified atom stereocenters. The summed E-state index contributed by atoms with van der Waals surface area (Å²) >= 11 is 0. The van der Waals surface area contributed by atoms with E-state index in [1.807, 2.05) is 129 Å². The first-order valence-electron chi connectivity index (χ1n) is 44.4. The lowest BCUT2D eigenvalue weighted by molar-refractivity contribution is -0.144. The van der Waals surface area contributed by atoms with Gasteiger partial charge in [-0.15, -0.1) is 0 Å². The summed E-state index contributed by atoms with van der Waals surface area (Å²) in [5.74, 6) is 0. The van der Waals surface area contributed by atoms with Crippen LogP contribution in [-0.4, -0.2) is 28.2 Å². The van der Waals surface area contributed by atoms with E-state index >= 15 is 0 Å². The number of aryl methyl sites for hydroxylation is 4. The maximum absolute atomic E-state index is 14.8. The lowest BCUT2D eigenvalue weighted by Gasteiger charge is -2.19. The Morgan fingerprint density at radius 2 is 0.514 bits per heavy atom. The van der Waals surface area contributed by atoms with Crippen molar-refractivity contribution in [3.8, 4) is 136 Å². The molecule has 6 heterocycles. The quantitative estimate of drug-likeness (QED) is 0.112. The van der Waals surface area contributed by atoms with Crippen LogP contribution in [-0.2, 0) is 24.7 Å². The molecule has 0 fully saturated rings. The summed E-state index contributed by atoms with van der Waals surface area (Å²) in [7, 11) is 0. The maximum Gasteiger partial charge on any atom is 0.417 e. The molecule has 0 amide bonds. The highest BCUT2D eigenvalue weighted by atomic mass is 19.4. The summed E-state index contributed by atoms with van der Waals surface area (Å²) in [5, 5.41) is 48.6. The Bertz CT molecular complexity index is 8870. The van der Waals surface area contributed by atoms with Crippen molar-refractivity contribution >= 4 is 87.2 Å². The number of rotatable bonds is 12. The first-order valence-corrected chi connectivity index (χ1v) is 44.4. The molecule has 0 radical (unpaired) electrons. The van der Waals surface area contributed by atoms with Crippen molar-refractivity contribution in [1.82, 2.24) is 28.2 Å². The van der Waals surface area contributed by atoms with E-state index in [0.29, 0.717) is 57.8 Å². The zero-order chi connectivity index (χ0) is 97.3. The molecule has 676 valence electrons. The van der Waals surface area contributed by atoms with Crippen molar-refractivity contribution in [3.05, 3.63) is 419 Å². The van der Waals surface area contributed by atoms with Crippen molar-refractivity contribution in [2.24, 2.45) is 0 Å². The topological polar surface area (TPSA) is 141 Å². The predicted molar refractivity (Wildman–Crippen MR) is 527 cm³/mol. The van der Waals surface area contributed by atoms with Crippen LogP contribution in [0.4, 0.5) is 52.7 Å². The summed E-state index contributed by atoms with van der Waals surface area (Å²) < 4.78 is 180. The SMILES string of the molecule is Cc1ccc(-c2ccc3c(c2)c2cc(-c4ccc(C)cc4C)ccc2n3-c2cc(C#N)c(-n3c4ccc(-c5ccc(C(F)(F)F)cc5C(F)(F)F)cc4c4cc(-c5ccc(C(F)(F)F)cc5C(F)(F)F)ccc43)cc2-c2ccncc2)c(C)c1.N#Cc1ccccc1-c1ccc2c3ccccc3n(-c3cc(-c4ccncc4)c(-n4c5ccccc5c5ccc(-c6ccccc6C#N)cc54)cc3C#N)c2c1. The number of halogens is 12. The van der Waals surface area contributed by atoms with E-state index in [-0.39, 0.29) is 56.3 Å². The third-order valence-electron chi connectivity index (χ3n) is 26.3. The lowest BCUT2D eigenvalue weighted by Crippen LogP contribution is -2.12. The molecule has 22 aromatic rings. The molecule has 6 aromatic heterocycles. The second-order valence-corrected chi connectivity index (χ2v) is 34.7. The Hall–Kier alpha value is -17.9. The van der Waals surface area contributed by atoms with Gasteiger partial charge in [0.1, 0.15) is 12.1 Å². The van der Waals surface area contributed by atoms with Gasteiger partial charge >= 0.3 is 24.7 Å². The van der Waals surface area contributed by atoms with E-state index in [4.69, 9.17) is 0 Å². The number of nitrogens with zero attached hydrogens (tertiary/aromatic N) is 10. The summed E-state index contributed by atoms with van der Waals surface area (Å²) in [6.45, 7) is 8.17. The fourth-order valence-corrected chi connectivity index (χ4v) is 20.0. The van der Waals surface area contributed by atoms with E-state index in [0.717, 1.165) is 155 Å². The van der Waals surface area contributed by atoms with Crippen molar-refractivity contribution in [2.45, 2.75) is 52.4 Å². The molecule has 0 N–H and O–H groups in total. The zero-order valence-electron chi connectivity index (χ0n) is 74.5. The number of hydrogen-bond donors (Lipinski definition) is 0. The van der Waals surface area contributed by atoms with Gasteiger partial charge in [-0.1, -0.05) is 181 Å². The van der Waals surface area contributed by atoms with Crippen LogP contribution < -0.4 is 0 Å². The molecule has 10 nitrogen and oxygen atoms in total. The molecule has 0 aliphatic rings. The van der Waals surface area contributed by atoms with Gasteiger partial charge in [-0.25, -0.2) is 0 Å². The van der Waals surface area contributed by atoms with Crippen LogP contribution in [0, 0.1) is 73.0 Å². The van der Waals surface area contributed by atoms with E-state index in [1.54, 1.807) is 53.6 Å². The highest BCUT2D eigenvalue weighted by Crippen LogP contribution is 2.51. The molecular weight excluding hydrogens is 1790 g/mol. The third kappa shape index (κ3) is 15.5. The number of pyridine rings is 2. The molecule has 0 saturated heterocycles. The summed E-state index contributed by atoms with van der Waals surface area (Å²) in [5.41, 5.74) is 16.9. The van der Waals surface area contributed by atoms with Crippen LogP contribution in [0.15, 0.2) is 352 Å². The molecular formula is C118H70F12N10. The standard InChI is InChI=1S/C68H42F12N4.C50H28N6/c1-36-5-13-48(38(3)25-36)41-7-17-61-53(27-41)54-28-42(49-14-6-37(2)26-39(49)4)8-18-62(54)84(61)64-31-45(35-81)63(34-52(64)40-21-23-82-24-22-40)83-59-19-9-43(50-15-11-46(65(69,70)71)32-57(50)67(75,76)77)29-55(59)56-30-44(10-20-60(56)83)51-16-12-47(66(72,73)74)33-58(51)68(78,79)80;51-29-35-9-1-3-11-38(35)33-17-19-42-40-13-5-7-15-45(40)55(48(42)25-33)47-28-44(32-21-23-54-24-22-32)50(27-37(47)31-53)56-46-16-8-6-14-41(46)43-20-18-34(26-49(43)56)39-12-4-2-10-36(39)30-52/h5-34H,1-4H3;1-28H. The molecule has 0 saturated carbocycles. The van der Waals surface area contributed by atoms with Crippen molar-refractivity contribution in [3.63, 3.8) is 0 Å². The number of nitriles is 4. The fourth-order valence-electron chi connectivity index (χ4n) is 20.0. The summed E-state index contributed by atoms with van der Waals surface area (Å²) in [6.07, 6.45) is -14.1. The minimum Gasteiger partial charge on any atom is -0.309 e. The number of para-hydroxylation sites is 2. The van der Waals surface area contributed by atoms with Crippen LogP contribution in [0.2, 0.25) is 0 Å². The summed E-state index contributed by atoms with van der Waals surface area (Å²) in [4.78, 5) is 8.63. The first kappa shape index (κ1) is 88.7. The van der Waals surface area contributed by atoms with Crippen molar-refractivity contribution < 1.29 is 52.7 Å². The minimum atomic E-state index is -5.29. The highest BCUT2D eigenvalue weighted by molar-refractivity contribution is 6.16. The van der Waals surface area contributed by atoms with Gasteiger partial charge < -0.3 is 18.3 Å². The van der Waals surface area contributed by atoms with Crippen molar-refractivity contribution in [2.75, 3.05) is 0 Å². The van der Waals surface area contributed by atoms with Gasteiger partial charge in [0.15, 0.2) is 0 Å². The predicted octanol–water partition coefficient (Wildman–Crippen LogP) is 32.7. The van der Waals surface area contributed by atoms with Crippen LogP contribution >= 0.6 is 0 Å². The van der Waals surface area contributed by atoms with Gasteiger partial charge in [0.2, 0.25) is 0 Å². The average molecular weight is 1860 g/mol. The highest BCUT2D eigenvalue weighted by Gasteiger charge is 2.41. The zero-order valence-corrected chi connectivity index (χ0v) is 74.5. The number of fused-ring (bicyclic) bond motifs is 12. The van der Waals surface area contributed by atoms with E-state index in [1.165, 1.54) is 36.4 Å². The third-order valence-corrected chi connectivity index (χ3v) is 26.3. The second kappa shape index (κ2) is 34.2. The summed E-state index contributed by atoms with van der Waals surface area (Å²) in [6, 6.07) is 104. The van der Waals surface area contributed by atoms with Gasteiger partial charge in [-0.3, -0.25) is 9.97 Å². The molecule has 0 spiro atoms. The molecule has 22 heteroatoms. The number of benzene rings is 16. The smallest absolute Gasteiger partial charge is 0.309 e. The second-order valence-electron chi connectivity index (χ2n) is 34.7. The lowest BCUT2D eigenvalue weighted by atomic mass is 9.94. The van der Waals surface area contributed by atoms with Gasteiger partial charge in [0.05, 0.1) is 124 Å². The van der Waals surface area contributed by atoms with Crippen LogP contribution in [0.25, 0.3) is 199 Å². The Morgan fingerprint density at radius 1 is 0.214 bits per heavy atom. The molecule has 0 bridgehead atoms. The largest absolute Gasteiger partial charge is 0.417 e. The van der Waals surface area contributed by atoms with Gasteiger partial charge in [-0.05, 0) is 274 Å². The normalized spacial score (nSPS) is 12.0. The van der Waals surface area contributed by atoms with Crippen LogP contribution in [0.5, 0.6) is 0 Å². The molecule has 16 aromatic carbocycles. The average Bonchev–Trinajstić information content (AvgIpc) is 1.56. The molecule has 0 aliphatic carbocycles. The number of aromatic nitrogens is 6. The Morgan fingerprint density at radius 3 is 0.871 bits per heavy atom. The Kier molecular flexibility index (Phi) is 21.7.